The molecule has 1 amide bonds. The molecule has 0 unspecified atom stereocenters. The first-order valence-electron chi connectivity index (χ1n) is 12.2. The number of hydrogen-bond donors (Lipinski definition) is 1. The number of anilines is 1. The second-order valence-corrected chi connectivity index (χ2v) is 9.90. The lowest BCUT2D eigenvalue weighted by atomic mass is 10.2. The average Bonchev–Trinajstić information content (AvgIpc) is 3.37. The van der Waals surface area contributed by atoms with Crippen LogP contribution in [-0.4, -0.2) is 72.4 Å². The summed E-state index contributed by atoms with van der Waals surface area (Å²) in [5, 5.41) is 0. The Bertz CT molecular complexity index is 1410. The number of nitrogens with zero attached hydrogens (tertiary/aromatic N) is 4. The second kappa shape index (κ2) is 11.7. The SMILES string of the molecule is COCCOC(=O)N1CCN(Cc2ccc(-c3cc4nccc(Oc5ccc(N)cc5F)c4s3)nc2)CC1. The van der Waals surface area contributed by atoms with Gasteiger partial charge in [0.05, 0.1) is 27.4 Å². The zero-order valence-electron chi connectivity index (χ0n) is 20.9. The van der Waals surface area contributed by atoms with Crippen LogP contribution in [0, 0.1) is 5.82 Å². The zero-order valence-corrected chi connectivity index (χ0v) is 21.7. The number of benzene rings is 1. The topological polar surface area (TPSA) is 103 Å². The number of carbonyl (C=O) groups excluding carboxylic acids is 1. The first kappa shape index (κ1) is 25.8. The van der Waals surface area contributed by atoms with Crippen molar-refractivity contribution in [2.75, 3.05) is 52.2 Å². The molecule has 9 nitrogen and oxygen atoms in total. The molecule has 4 aromatic rings. The van der Waals surface area contributed by atoms with Crippen LogP contribution >= 0.6 is 11.3 Å². The molecule has 0 spiro atoms. The number of fused-ring (bicyclic) bond motifs is 1. The summed E-state index contributed by atoms with van der Waals surface area (Å²) in [5.74, 6) is 0.105. The fraction of sp³-hybridized carbons (Fsp3) is 0.296. The third kappa shape index (κ3) is 6.01. The van der Waals surface area contributed by atoms with E-state index in [9.17, 15) is 9.18 Å². The van der Waals surface area contributed by atoms with E-state index in [0.717, 1.165) is 46.0 Å². The number of piperazine rings is 1. The van der Waals surface area contributed by atoms with Crippen LogP contribution in [0.2, 0.25) is 0 Å². The fourth-order valence-corrected chi connectivity index (χ4v) is 5.20. The summed E-state index contributed by atoms with van der Waals surface area (Å²) in [6.07, 6.45) is 3.22. The summed E-state index contributed by atoms with van der Waals surface area (Å²) in [6.45, 7) is 4.18. The van der Waals surface area contributed by atoms with Crippen molar-refractivity contribution in [2.45, 2.75) is 6.54 Å². The number of methoxy groups -OCH3 is 1. The highest BCUT2D eigenvalue weighted by atomic mass is 32.1. The molecular weight excluding hydrogens is 509 g/mol. The molecule has 0 saturated carbocycles. The maximum absolute atomic E-state index is 14.3. The predicted molar refractivity (Wildman–Crippen MR) is 144 cm³/mol. The maximum atomic E-state index is 14.3. The largest absolute Gasteiger partial charge is 0.453 e. The van der Waals surface area contributed by atoms with E-state index in [1.807, 2.05) is 18.3 Å². The number of nitrogen functional groups attached to an aromatic ring is 1. The van der Waals surface area contributed by atoms with Gasteiger partial charge in [0.1, 0.15) is 12.4 Å². The average molecular weight is 538 g/mol. The molecule has 3 aromatic heterocycles. The Hall–Kier alpha value is -3.80. The Morgan fingerprint density at radius 3 is 2.63 bits per heavy atom. The molecule has 0 radical (unpaired) electrons. The Morgan fingerprint density at radius 1 is 1.05 bits per heavy atom. The van der Waals surface area contributed by atoms with Gasteiger partial charge in [-0.3, -0.25) is 14.9 Å². The first-order valence-corrected chi connectivity index (χ1v) is 13.0. The number of carbonyl (C=O) groups is 1. The number of amides is 1. The zero-order chi connectivity index (χ0) is 26.5. The van der Waals surface area contributed by atoms with E-state index in [1.165, 1.54) is 23.5 Å². The number of ether oxygens (including phenoxy) is 3. The highest BCUT2D eigenvalue weighted by molar-refractivity contribution is 7.22. The van der Waals surface area contributed by atoms with Crippen LogP contribution in [0.15, 0.2) is 54.9 Å². The number of nitrogens with two attached hydrogens (primary N) is 1. The van der Waals surface area contributed by atoms with Crippen molar-refractivity contribution in [2.24, 2.45) is 0 Å². The number of hydrogen-bond acceptors (Lipinski definition) is 9. The van der Waals surface area contributed by atoms with Crippen LogP contribution < -0.4 is 10.5 Å². The van der Waals surface area contributed by atoms with Crippen LogP contribution in [0.1, 0.15) is 5.56 Å². The lowest BCUT2D eigenvalue weighted by molar-refractivity contribution is 0.0551. The summed E-state index contributed by atoms with van der Waals surface area (Å²) in [7, 11) is 1.58. The second-order valence-electron chi connectivity index (χ2n) is 8.85. The van der Waals surface area contributed by atoms with Crippen molar-refractivity contribution in [3.8, 4) is 22.1 Å². The van der Waals surface area contributed by atoms with Gasteiger partial charge in [-0.2, -0.15) is 0 Å². The molecule has 2 N–H and O–H groups in total. The molecule has 1 aromatic carbocycles. The highest BCUT2D eigenvalue weighted by Gasteiger charge is 2.22. The van der Waals surface area contributed by atoms with Crippen LogP contribution in [0.3, 0.4) is 0 Å². The van der Waals surface area contributed by atoms with Crippen LogP contribution in [0.5, 0.6) is 11.5 Å². The van der Waals surface area contributed by atoms with Gasteiger partial charge in [-0.1, -0.05) is 6.07 Å². The van der Waals surface area contributed by atoms with Gasteiger partial charge in [0.15, 0.2) is 11.6 Å². The van der Waals surface area contributed by atoms with Crippen molar-refractivity contribution in [1.29, 1.82) is 0 Å². The lowest BCUT2D eigenvalue weighted by Crippen LogP contribution is -2.48. The molecule has 0 atom stereocenters. The van der Waals surface area contributed by atoms with Gasteiger partial charge >= 0.3 is 6.09 Å². The van der Waals surface area contributed by atoms with Gasteiger partial charge in [0.25, 0.3) is 0 Å². The third-order valence-electron chi connectivity index (χ3n) is 6.18. The number of rotatable bonds is 8. The Balaban J connectivity index is 1.22. The van der Waals surface area contributed by atoms with E-state index in [0.29, 0.717) is 31.1 Å². The summed E-state index contributed by atoms with van der Waals surface area (Å²) in [6, 6.07) is 12.1. The van der Waals surface area contributed by atoms with Crippen molar-refractivity contribution in [3.05, 3.63) is 66.2 Å². The van der Waals surface area contributed by atoms with E-state index in [-0.39, 0.29) is 18.4 Å². The Kier molecular flexibility index (Phi) is 7.97. The molecule has 5 rings (SSSR count). The van der Waals surface area contributed by atoms with Gasteiger partial charge < -0.3 is 24.8 Å². The Labute approximate surface area is 223 Å². The van der Waals surface area contributed by atoms with Gasteiger partial charge in [0, 0.05) is 70.0 Å². The maximum Gasteiger partial charge on any atom is 0.409 e. The molecular formula is C27H28FN5O4S. The van der Waals surface area contributed by atoms with E-state index in [2.05, 4.69) is 20.9 Å². The molecule has 11 heteroatoms. The first-order chi connectivity index (χ1) is 18.5. The van der Waals surface area contributed by atoms with Crippen molar-refractivity contribution < 1.29 is 23.4 Å². The van der Waals surface area contributed by atoms with Crippen LogP contribution in [0.4, 0.5) is 14.9 Å². The van der Waals surface area contributed by atoms with Gasteiger partial charge in [-0.25, -0.2) is 9.18 Å². The minimum atomic E-state index is -0.521. The predicted octanol–water partition coefficient (Wildman–Crippen LogP) is 4.77. The third-order valence-corrected chi connectivity index (χ3v) is 7.34. The van der Waals surface area contributed by atoms with Crippen molar-refractivity contribution in [1.82, 2.24) is 19.8 Å². The number of thiophene rings is 1. The van der Waals surface area contributed by atoms with Crippen molar-refractivity contribution in [3.63, 3.8) is 0 Å². The van der Waals surface area contributed by atoms with Crippen LogP contribution in [0.25, 0.3) is 20.8 Å². The normalized spacial score (nSPS) is 14.1. The molecule has 1 aliphatic rings. The molecule has 1 fully saturated rings. The number of pyridine rings is 2. The minimum absolute atomic E-state index is 0.105. The molecule has 198 valence electrons. The Morgan fingerprint density at radius 2 is 1.89 bits per heavy atom. The van der Waals surface area contributed by atoms with Crippen molar-refractivity contribution >= 4 is 33.3 Å². The molecule has 1 aliphatic heterocycles. The standard InChI is InChI=1S/C27H28FN5O4S/c1-35-12-13-36-27(34)33-10-8-32(9-11-33)17-18-2-4-21(31-16-18)25-15-22-26(38-25)24(6-7-30-22)37-23-5-3-19(29)14-20(23)28/h2-7,14-16H,8-13,17,29H2,1H3. The van der Waals surface area contributed by atoms with Gasteiger partial charge in [-0.05, 0) is 29.8 Å². The van der Waals surface area contributed by atoms with Gasteiger partial charge in [-0.15, -0.1) is 11.3 Å². The number of aromatic nitrogens is 2. The quantitative estimate of drug-likeness (QED) is 0.253. The number of halogens is 1. The fourth-order valence-electron chi connectivity index (χ4n) is 4.15. The van der Waals surface area contributed by atoms with E-state index in [4.69, 9.17) is 19.9 Å². The van der Waals surface area contributed by atoms with Crippen LogP contribution in [-0.2, 0) is 16.0 Å². The summed E-state index contributed by atoms with van der Waals surface area (Å²) in [4.78, 5) is 26.2. The minimum Gasteiger partial charge on any atom is -0.453 e. The molecule has 38 heavy (non-hydrogen) atoms. The van der Waals surface area contributed by atoms with Gasteiger partial charge in [0.2, 0.25) is 0 Å². The monoisotopic (exact) mass is 537 g/mol. The van der Waals surface area contributed by atoms with E-state index >= 15 is 0 Å². The summed E-state index contributed by atoms with van der Waals surface area (Å²) in [5.41, 5.74) is 8.64. The molecule has 0 aliphatic carbocycles. The van der Waals surface area contributed by atoms with E-state index < -0.39 is 5.82 Å². The summed E-state index contributed by atoms with van der Waals surface area (Å²) < 4.78 is 31.0. The lowest BCUT2D eigenvalue weighted by Gasteiger charge is -2.34. The summed E-state index contributed by atoms with van der Waals surface area (Å²) >= 11 is 1.49. The highest BCUT2D eigenvalue weighted by Crippen LogP contribution is 2.39. The smallest absolute Gasteiger partial charge is 0.409 e. The molecule has 0 bridgehead atoms. The molecule has 4 heterocycles. The molecule has 1 saturated heterocycles. The van der Waals surface area contributed by atoms with E-state index in [1.54, 1.807) is 30.3 Å².